The van der Waals surface area contributed by atoms with E-state index in [1.165, 1.54) is 0 Å². The topological polar surface area (TPSA) is 113 Å². The Morgan fingerprint density at radius 3 is 2.54 bits per heavy atom. The second-order valence-electron chi connectivity index (χ2n) is 11.3. The summed E-state index contributed by atoms with van der Waals surface area (Å²) in [6.45, 7) is 9.32. The molecular formula is C30H35N5O4. The number of amides is 1. The number of rotatable bonds is 6. The van der Waals surface area contributed by atoms with Crippen LogP contribution in [0.15, 0.2) is 65.2 Å². The first-order valence-corrected chi connectivity index (χ1v) is 13.2. The molecule has 204 valence electrons. The summed E-state index contributed by atoms with van der Waals surface area (Å²) < 4.78 is 11.4. The maximum absolute atomic E-state index is 12.3. The van der Waals surface area contributed by atoms with Gasteiger partial charge in [0, 0.05) is 41.6 Å². The van der Waals surface area contributed by atoms with E-state index in [-0.39, 0.29) is 18.2 Å². The minimum Gasteiger partial charge on any atom is -0.454 e. The van der Waals surface area contributed by atoms with Crippen molar-refractivity contribution in [2.24, 2.45) is 0 Å². The van der Waals surface area contributed by atoms with Gasteiger partial charge >= 0.3 is 6.09 Å². The van der Waals surface area contributed by atoms with Crippen molar-refractivity contribution in [2.75, 3.05) is 23.3 Å². The van der Waals surface area contributed by atoms with Gasteiger partial charge in [0.15, 0.2) is 5.76 Å². The van der Waals surface area contributed by atoms with Gasteiger partial charge in [0.1, 0.15) is 16.9 Å². The van der Waals surface area contributed by atoms with Gasteiger partial charge in [0.05, 0.1) is 6.61 Å². The van der Waals surface area contributed by atoms with Crippen LogP contribution in [0, 0.1) is 0 Å². The number of anilines is 3. The number of hydrogen-bond acceptors (Lipinski definition) is 8. The second kappa shape index (κ2) is 10.6. The molecule has 1 saturated heterocycles. The van der Waals surface area contributed by atoms with Crippen LogP contribution in [0.4, 0.5) is 22.1 Å². The average molecular weight is 530 g/mol. The lowest BCUT2D eigenvalue weighted by molar-refractivity contribution is 0.0448. The molecule has 1 aliphatic heterocycles. The molecule has 1 aliphatic rings. The van der Waals surface area contributed by atoms with Crippen LogP contribution in [0.5, 0.6) is 0 Å². The molecule has 9 heteroatoms. The summed E-state index contributed by atoms with van der Waals surface area (Å²) in [7, 11) is 0. The number of aliphatic hydroxyl groups is 1. The van der Waals surface area contributed by atoms with Crippen LogP contribution in [0.2, 0.25) is 0 Å². The first-order valence-electron chi connectivity index (χ1n) is 13.2. The van der Waals surface area contributed by atoms with E-state index in [0.717, 1.165) is 48.3 Å². The van der Waals surface area contributed by atoms with Gasteiger partial charge in [-0.05, 0) is 88.6 Å². The van der Waals surface area contributed by atoms with E-state index in [1.54, 1.807) is 12.3 Å². The molecule has 3 heterocycles. The molecule has 3 N–H and O–H groups in total. The largest absolute Gasteiger partial charge is 0.454 e. The Morgan fingerprint density at radius 1 is 1.10 bits per heavy atom. The van der Waals surface area contributed by atoms with Crippen LogP contribution in [-0.2, 0) is 11.3 Å². The van der Waals surface area contributed by atoms with Gasteiger partial charge in [0.2, 0.25) is 5.95 Å². The molecule has 0 bridgehead atoms. The summed E-state index contributed by atoms with van der Waals surface area (Å²) in [4.78, 5) is 23.6. The minimum absolute atomic E-state index is 0.0329. The van der Waals surface area contributed by atoms with Gasteiger partial charge in [-0.15, -0.1) is 0 Å². The lowest BCUT2D eigenvalue weighted by atomic mass is 9.89. The van der Waals surface area contributed by atoms with Crippen molar-refractivity contribution in [1.82, 2.24) is 15.3 Å². The van der Waals surface area contributed by atoms with Crippen LogP contribution in [-0.4, -0.2) is 45.4 Å². The molecular weight excluding hydrogens is 494 g/mol. The molecule has 39 heavy (non-hydrogen) atoms. The van der Waals surface area contributed by atoms with Crippen molar-refractivity contribution in [1.29, 1.82) is 0 Å². The summed E-state index contributed by atoms with van der Waals surface area (Å²) in [5.41, 5.74) is 3.38. The summed E-state index contributed by atoms with van der Waals surface area (Å²) in [5.74, 6) is 1.11. The first kappa shape index (κ1) is 26.5. The van der Waals surface area contributed by atoms with E-state index in [1.807, 2.05) is 57.2 Å². The molecule has 0 spiro atoms. The molecule has 2 aromatic heterocycles. The summed E-state index contributed by atoms with van der Waals surface area (Å²) >= 11 is 0. The third kappa shape index (κ3) is 6.49. The fourth-order valence-electron chi connectivity index (χ4n) is 4.67. The van der Waals surface area contributed by atoms with Gasteiger partial charge in [-0.25, -0.2) is 14.8 Å². The predicted molar refractivity (Wildman–Crippen MR) is 152 cm³/mol. The third-order valence-corrected chi connectivity index (χ3v) is 6.83. The number of furan rings is 1. The van der Waals surface area contributed by atoms with Crippen LogP contribution < -0.4 is 15.5 Å². The van der Waals surface area contributed by atoms with Gasteiger partial charge in [-0.1, -0.05) is 12.1 Å². The maximum atomic E-state index is 12.3. The molecule has 5 rings (SSSR count). The highest BCUT2D eigenvalue weighted by Crippen LogP contribution is 2.30. The third-order valence-electron chi connectivity index (χ3n) is 6.83. The van der Waals surface area contributed by atoms with E-state index in [2.05, 4.69) is 44.6 Å². The van der Waals surface area contributed by atoms with Gasteiger partial charge < -0.3 is 29.8 Å². The molecule has 0 radical (unpaired) electrons. The highest BCUT2D eigenvalue weighted by Gasteiger charge is 2.33. The van der Waals surface area contributed by atoms with Crippen LogP contribution in [0.25, 0.3) is 22.4 Å². The Balaban J connectivity index is 1.20. The Labute approximate surface area is 228 Å². The number of alkyl carbamates (subject to hydrolysis) is 1. The number of benzene rings is 2. The van der Waals surface area contributed by atoms with Crippen molar-refractivity contribution >= 4 is 34.4 Å². The molecule has 1 amide bonds. The number of carbonyl (C=O) groups is 1. The Kier molecular flexibility index (Phi) is 7.18. The second-order valence-corrected chi connectivity index (χ2v) is 11.3. The quantitative estimate of drug-likeness (QED) is 0.278. The molecule has 2 aromatic carbocycles. The number of ether oxygens (including phenoxy) is 1. The van der Waals surface area contributed by atoms with E-state index >= 15 is 0 Å². The Bertz CT molecular complexity index is 1450. The van der Waals surface area contributed by atoms with E-state index < -0.39 is 5.60 Å². The fourth-order valence-corrected chi connectivity index (χ4v) is 4.67. The smallest absolute Gasteiger partial charge is 0.408 e. The van der Waals surface area contributed by atoms with E-state index in [0.29, 0.717) is 23.0 Å². The molecule has 0 unspecified atom stereocenters. The summed E-state index contributed by atoms with van der Waals surface area (Å²) in [6.07, 6.45) is 2.99. The molecule has 0 aliphatic carbocycles. The average Bonchev–Trinajstić information content (AvgIpc) is 3.32. The molecule has 9 nitrogen and oxygen atoms in total. The zero-order valence-corrected chi connectivity index (χ0v) is 22.8. The number of aliphatic hydroxyl groups excluding tert-OH is 1. The summed E-state index contributed by atoms with van der Waals surface area (Å²) in [5, 5.41) is 16.7. The first-order chi connectivity index (χ1) is 18.6. The lowest BCUT2D eigenvalue weighted by Crippen LogP contribution is -2.54. The zero-order chi connectivity index (χ0) is 27.6. The van der Waals surface area contributed by atoms with Crippen molar-refractivity contribution in [3.8, 4) is 11.5 Å². The van der Waals surface area contributed by atoms with Crippen molar-refractivity contribution < 1.29 is 19.1 Å². The maximum Gasteiger partial charge on any atom is 0.408 e. The number of carbonyl (C=O) groups excluding carboxylic acids is 1. The normalized spacial score (nSPS) is 15.3. The van der Waals surface area contributed by atoms with Crippen molar-refractivity contribution in [3.63, 3.8) is 0 Å². The van der Waals surface area contributed by atoms with E-state index in [9.17, 15) is 9.90 Å². The van der Waals surface area contributed by atoms with Crippen molar-refractivity contribution in [3.05, 3.63) is 66.4 Å². The molecule has 4 aromatic rings. The zero-order valence-electron chi connectivity index (χ0n) is 22.8. The number of fused-ring (bicyclic) bond motifs is 1. The van der Waals surface area contributed by atoms with Crippen LogP contribution in [0.3, 0.4) is 0 Å². The Morgan fingerprint density at radius 2 is 1.85 bits per heavy atom. The van der Waals surface area contributed by atoms with Gasteiger partial charge in [0.25, 0.3) is 0 Å². The molecule has 1 fully saturated rings. The predicted octanol–water partition coefficient (Wildman–Crippen LogP) is 6.01. The number of piperidine rings is 1. The number of aromatic nitrogens is 2. The summed E-state index contributed by atoms with van der Waals surface area (Å²) in [6, 6.07) is 17.6. The van der Waals surface area contributed by atoms with Crippen molar-refractivity contribution in [2.45, 2.75) is 58.3 Å². The van der Waals surface area contributed by atoms with Gasteiger partial charge in [-0.3, -0.25) is 0 Å². The molecule has 0 atom stereocenters. The minimum atomic E-state index is -0.512. The SMILES string of the molecule is CC1(NC(=O)OC(C)(C)C)CCN(c2ccc(Nc3nccc(-c4cc5ccc(CO)cc5o4)n3)cc2)CC1. The van der Waals surface area contributed by atoms with Gasteiger partial charge in [-0.2, -0.15) is 0 Å². The highest BCUT2D eigenvalue weighted by atomic mass is 16.6. The standard InChI is InChI=1S/C30H35N5O4/c1-29(2,3)39-28(37)34-30(4)12-15-35(16-13-30)23-9-7-22(8-10-23)32-27-31-14-11-24(33-27)26-18-21-6-5-20(19-36)17-25(21)38-26/h5-11,14,17-18,36H,12-13,15-16,19H2,1-4H3,(H,34,37)(H,31,32,33). The number of hydrogen-bond donors (Lipinski definition) is 3. The number of nitrogens with one attached hydrogen (secondary N) is 2. The fraction of sp³-hybridized carbons (Fsp3) is 0.367. The van der Waals surface area contributed by atoms with Crippen LogP contribution in [0.1, 0.15) is 46.1 Å². The van der Waals surface area contributed by atoms with Crippen LogP contribution >= 0.6 is 0 Å². The monoisotopic (exact) mass is 529 g/mol. The highest BCUT2D eigenvalue weighted by molar-refractivity contribution is 5.83. The Hall–Kier alpha value is -4.11. The van der Waals surface area contributed by atoms with E-state index in [4.69, 9.17) is 9.15 Å². The number of nitrogens with zero attached hydrogens (tertiary/aromatic N) is 3. The lowest BCUT2D eigenvalue weighted by Gasteiger charge is -2.41. The molecule has 0 saturated carbocycles.